The molecule has 0 saturated carbocycles. The van der Waals surface area contributed by atoms with E-state index in [0.717, 1.165) is 25.2 Å². The van der Waals surface area contributed by atoms with Crippen LogP contribution in [0.3, 0.4) is 0 Å². The van der Waals surface area contributed by atoms with Crippen molar-refractivity contribution in [3.63, 3.8) is 0 Å². The Bertz CT molecular complexity index is 917. The maximum Gasteiger partial charge on any atom is 0.257 e. The summed E-state index contributed by atoms with van der Waals surface area (Å²) in [5.74, 6) is 1.13. The third kappa shape index (κ3) is 4.20. The molecule has 4 rings (SSSR count). The fourth-order valence-electron chi connectivity index (χ4n) is 3.73. The minimum atomic E-state index is -0.386. The lowest BCUT2D eigenvalue weighted by molar-refractivity contribution is 0.235. The zero-order valence-corrected chi connectivity index (χ0v) is 16.7. The topological polar surface area (TPSA) is 74.5 Å². The van der Waals surface area contributed by atoms with E-state index in [2.05, 4.69) is 20.5 Å². The third-order valence-corrected chi connectivity index (χ3v) is 5.41. The number of aromatic nitrogens is 2. The number of nitrogens with zero attached hydrogens (tertiary/aromatic N) is 4. The van der Waals surface area contributed by atoms with E-state index in [1.165, 1.54) is 25.3 Å². The van der Waals surface area contributed by atoms with Crippen LogP contribution in [-0.2, 0) is 0 Å². The molecule has 148 valence electrons. The van der Waals surface area contributed by atoms with Gasteiger partial charge in [0.25, 0.3) is 5.56 Å². The fourth-order valence-corrected chi connectivity index (χ4v) is 3.85. The number of hydrogen-bond donors (Lipinski definition) is 2. The van der Waals surface area contributed by atoms with Crippen molar-refractivity contribution < 1.29 is 0 Å². The van der Waals surface area contributed by atoms with Crippen LogP contribution in [0.2, 0.25) is 5.02 Å². The van der Waals surface area contributed by atoms with Crippen LogP contribution in [0.1, 0.15) is 36.7 Å². The summed E-state index contributed by atoms with van der Waals surface area (Å²) in [6, 6.07) is 8.99. The number of nitrogens with one attached hydrogen (secondary N) is 2. The first-order valence-electron chi connectivity index (χ1n) is 9.76. The Morgan fingerprint density at radius 2 is 1.96 bits per heavy atom. The van der Waals surface area contributed by atoms with Crippen molar-refractivity contribution in [1.29, 1.82) is 0 Å². The van der Waals surface area contributed by atoms with Crippen LogP contribution in [0.25, 0.3) is 0 Å². The van der Waals surface area contributed by atoms with Gasteiger partial charge in [0.05, 0.1) is 6.54 Å². The Hall–Kier alpha value is -2.38. The summed E-state index contributed by atoms with van der Waals surface area (Å²) in [6.07, 6.45) is 3.48. The second-order valence-corrected chi connectivity index (χ2v) is 7.72. The first-order chi connectivity index (χ1) is 13.6. The van der Waals surface area contributed by atoms with Gasteiger partial charge in [-0.1, -0.05) is 30.2 Å². The standard InChI is InChI=1S/C20H25ClN6O/c1-14-13-17(28)27-18(15-5-7-16(21)8-6-15)24-19(25-20(27)23-14)22-9-12-26-10-3-2-4-11-26/h5-8,13,18H,2-4,9-12H2,1H3,(H2,22,23,24,25)/t18-/m1/s1. The van der Waals surface area contributed by atoms with Gasteiger partial charge in [-0.05, 0) is 50.6 Å². The van der Waals surface area contributed by atoms with Crippen LogP contribution in [0, 0.1) is 6.92 Å². The monoisotopic (exact) mass is 400 g/mol. The van der Waals surface area contributed by atoms with Crippen molar-refractivity contribution in [3.8, 4) is 0 Å². The Labute approximate surface area is 169 Å². The molecule has 1 aromatic carbocycles. The molecule has 2 aromatic rings. The molecule has 2 aliphatic heterocycles. The van der Waals surface area contributed by atoms with Crippen molar-refractivity contribution in [2.45, 2.75) is 32.4 Å². The average Bonchev–Trinajstić information content (AvgIpc) is 2.68. The molecule has 1 fully saturated rings. The summed E-state index contributed by atoms with van der Waals surface area (Å²) in [5, 5.41) is 7.17. The molecule has 1 saturated heterocycles. The molecule has 0 radical (unpaired) electrons. The van der Waals surface area contributed by atoms with E-state index in [4.69, 9.17) is 16.6 Å². The summed E-state index contributed by atoms with van der Waals surface area (Å²) in [5.41, 5.74) is 1.48. The highest BCUT2D eigenvalue weighted by molar-refractivity contribution is 6.30. The van der Waals surface area contributed by atoms with Gasteiger partial charge in [-0.25, -0.2) is 4.98 Å². The highest BCUT2D eigenvalue weighted by Crippen LogP contribution is 2.23. The molecule has 0 unspecified atom stereocenters. The predicted molar refractivity (Wildman–Crippen MR) is 112 cm³/mol. The van der Waals surface area contributed by atoms with E-state index < -0.39 is 0 Å². The molecule has 2 aliphatic rings. The first kappa shape index (κ1) is 19.0. The van der Waals surface area contributed by atoms with Crippen LogP contribution in [0.15, 0.2) is 40.1 Å². The van der Waals surface area contributed by atoms with Crippen molar-refractivity contribution in [1.82, 2.24) is 19.8 Å². The summed E-state index contributed by atoms with van der Waals surface area (Å²) >= 11 is 6.03. The number of piperidine rings is 1. The van der Waals surface area contributed by atoms with Crippen molar-refractivity contribution in [2.24, 2.45) is 4.99 Å². The molecule has 0 spiro atoms. The van der Waals surface area contributed by atoms with Gasteiger partial charge in [-0.15, -0.1) is 0 Å². The lowest BCUT2D eigenvalue weighted by Crippen LogP contribution is -2.48. The fraction of sp³-hybridized carbons (Fsp3) is 0.450. The number of aryl methyl sites for hydroxylation is 1. The highest BCUT2D eigenvalue weighted by atomic mass is 35.5. The minimum Gasteiger partial charge on any atom is -0.331 e. The minimum absolute atomic E-state index is 0.116. The predicted octanol–water partition coefficient (Wildman–Crippen LogP) is 2.61. The van der Waals surface area contributed by atoms with E-state index in [1.54, 1.807) is 4.57 Å². The summed E-state index contributed by atoms with van der Waals surface area (Å²) in [7, 11) is 0. The van der Waals surface area contributed by atoms with Gasteiger partial charge in [0.1, 0.15) is 6.17 Å². The lowest BCUT2D eigenvalue weighted by Gasteiger charge is -2.31. The van der Waals surface area contributed by atoms with Gasteiger partial charge < -0.3 is 10.2 Å². The van der Waals surface area contributed by atoms with Crippen molar-refractivity contribution in [2.75, 3.05) is 31.5 Å². The summed E-state index contributed by atoms with van der Waals surface area (Å²) in [4.78, 5) is 24.3. The zero-order valence-electron chi connectivity index (χ0n) is 16.0. The quantitative estimate of drug-likeness (QED) is 0.825. The van der Waals surface area contributed by atoms with Crippen molar-refractivity contribution in [3.05, 3.63) is 57.0 Å². The van der Waals surface area contributed by atoms with Gasteiger partial charge >= 0.3 is 0 Å². The molecular formula is C20H25ClN6O. The molecule has 8 heteroatoms. The first-order valence-corrected chi connectivity index (χ1v) is 10.1. The zero-order chi connectivity index (χ0) is 19.5. The van der Waals surface area contributed by atoms with E-state index in [0.29, 0.717) is 29.2 Å². The molecule has 1 atom stereocenters. The number of likely N-dealkylation sites (tertiary alicyclic amines) is 1. The second-order valence-electron chi connectivity index (χ2n) is 7.29. The Morgan fingerprint density at radius 3 is 2.71 bits per heavy atom. The van der Waals surface area contributed by atoms with Crippen LogP contribution in [0.5, 0.6) is 0 Å². The summed E-state index contributed by atoms with van der Waals surface area (Å²) < 4.78 is 1.61. The molecular weight excluding hydrogens is 376 g/mol. The number of benzene rings is 1. The normalized spacial score (nSPS) is 21.1. The van der Waals surface area contributed by atoms with Gasteiger partial charge in [0.2, 0.25) is 5.95 Å². The Balaban J connectivity index is 1.59. The van der Waals surface area contributed by atoms with Crippen LogP contribution >= 0.6 is 11.6 Å². The highest BCUT2D eigenvalue weighted by Gasteiger charge is 2.26. The van der Waals surface area contributed by atoms with E-state index >= 15 is 0 Å². The number of guanidine groups is 1. The molecule has 28 heavy (non-hydrogen) atoms. The lowest BCUT2D eigenvalue weighted by atomic mass is 10.1. The maximum absolute atomic E-state index is 12.6. The number of fused-ring (bicyclic) bond motifs is 1. The maximum atomic E-state index is 12.6. The number of halogens is 1. The number of aliphatic imine (C=N–C) groups is 1. The van der Waals surface area contributed by atoms with E-state index in [9.17, 15) is 4.79 Å². The molecule has 0 bridgehead atoms. The average molecular weight is 401 g/mol. The van der Waals surface area contributed by atoms with Crippen LogP contribution < -0.4 is 16.2 Å². The van der Waals surface area contributed by atoms with E-state index in [-0.39, 0.29) is 11.7 Å². The molecule has 0 amide bonds. The SMILES string of the molecule is Cc1cc(=O)n2c(n1)NC(=NCCN1CCCCC1)N[C@H]2c1ccc(Cl)cc1. The molecule has 7 nitrogen and oxygen atoms in total. The molecule has 2 N–H and O–H groups in total. The number of anilines is 1. The molecule has 1 aromatic heterocycles. The van der Waals surface area contributed by atoms with Crippen LogP contribution in [-0.4, -0.2) is 46.6 Å². The Morgan fingerprint density at radius 1 is 1.21 bits per heavy atom. The van der Waals surface area contributed by atoms with Crippen LogP contribution in [0.4, 0.5) is 5.95 Å². The largest absolute Gasteiger partial charge is 0.331 e. The smallest absolute Gasteiger partial charge is 0.257 e. The number of hydrogen-bond acceptors (Lipinski definition) is 4. The third-order valence-electron chi connectivity index (χ3n) is 5.16. The Kier molecular flexibility index (Phi) is 5.64. The number of rotatable bonds is 4. The van der Waals surface area contributed by atoms with Crippen molar-refractivity contribution >= 4 is 23.5 Å². The molecule has 0 aliphatic carbocycles. The molecule has 3 heterocycles. The second kappa shape index (κ2) is 8.32. The van der Waals surface area contributed by atoms with E-state index in [1.807, 2.05) is 31.2 Å². The van der Waals surface area contributed by atoms with Gasteiger partial charge in [0, 0.05) is 23.3 Å². The van der Waals surface area contributed by atoms with Gasteiger partial charge in [-0.3, -0.25) is 19.7 Å². The summed E-state index contributed by atoms with van der Waals surface area (Å²) in [6.45, 7) is 5.75. The van der Waals surface area contributed by atoms with Gasteiger partial charge in [-0.2, -0.15) is 0 Å². The van der Waals surface area contributed by atoms with Gasteiger partial charge in [0.15, 0.2) is 5.96 Å².